The number of rotatable bonds is 4. The minimum absolute atomic E-state index is 0. The van der Waals surface area contributed by atoms with E-state index in [0.29, 0.717) is 0 Å². The Morgan fingerprint density at radius 2 is 2.00 bits per heavy atom. The molecule has 0 rings (SSSR count). The van der Waals surface area contributed by atoms with E-state index in [9.17, 15) is 17.8 Å². The quantitative estimate of drug-likeness (QED) is 0.213. The van der Waals surface area contributed by atoms with Crippen molar-refractivity contribution in [2.45, 2.75) is 6.92 Å². The standard InChI is InChI=1S/C5H8O5S.K/c1-4(6)5(2)10-3-11(7,8)9;/h2-3H2,1H3,(H,7,8,9);/q;+1/p-1. The van der Waals surface area contributed by atoms with Crippen LogP contribution in [0.2, 0.25) is 0 Å². The van der Waals surface area contributed by atoms with Gasteiger partial charge >= 0.3 is 51.4 Å². The van der Waals surface area contributed by atoms with Gasteiger partial charge in [-0.15, -0.1) is 0 Å². The van der Waals surface area contributed by atoms with Crippen LogP contribution in [0.4, 0.5) is 0 Å². The molecule has 0 unspecified atom stereocenters. The topological polar surface area (TPSA) is 83.5 Å². The van der Waals surface area contributed by atoms with Crippen molar-refractivity contribution in [1.29, 1.82) is 0 Å². The molecule has 64 valence electrons. The molecule has 0 atom stereocenters. The molecule has 0 saturated heterocycles. The molecule has 0 fully saturated rings. The van der Waals surface area contributed by atoms with Crippen molar-refractivity contribution >= 4 is 15.9 Å². The van der Waals surface area contributed by atoms with Gasteiger partial charge in [0.1, 0.15) is 10.1 Å². The molecule has 0 radical (unpaired) electrons. The molecule has 0 aliphatic carbocycles. The number of carbonyl (C=O) groups excluding carboxylic acids is 1. The van der Waals surface area contributed by atoms with Crippen molar-refractivity contribution in [3.05, 3.63) is 12.3 Å². The average Bonchev–Trinajstić information content (AvgIpc) is 1.80. The van der Waals surface area contributed by atoms with Crippen molar-refractivity contribution < 1.29 is 73.9 Å². The van der Waals surface area contributed by atoms with E-state index < -0.39 is 21.8 Å². The molecular weight excluding hydrogens is 211 g/mol. The number of hydrogen-bond acceptors (Lipinski definition) is 5. The van der Waals surface area contributed by atoms with E-state index in [2.05, 4.69) is 11.3 Å². The van der Waals surface area contributed by atoms with Crippen LogP contribution in [-0.4, -0.2) is 24.7 Å². The molecule has 0 heterocycles. The first-order valence-electron chi connectivity index (χ1n) is 2.59. The Hall–Kier alpha value is 0.756. The van der Waals surface area contributed by atoms with Crippen LogP contribution < -0.4 is 51.4 Å². The number of hydrogen-bond donors (Lipinski definition) is 0. The summed E-state index contributed by atoms with van der Waals surface area (Å²) >= 11 is 0. The molecular formula is C5H7KO5S. The van der Waals surface area contributed by atoms with Crippen LogP contribution in [-0.2, 0) is 19.6 Å². The van der Waals surface area contributed by atoms with Crippen LogP contribution in [0.25, 0.3) is 0 Å². The molecule has 0 bridgehead atoms. The summed E-state index contributed by atoms with van der Waals surface area (Å²) in [5.74, 6) is -1.89. The van der Waals surface area contributed by atoms with Gasteiger partial charge in [0.25, 0.3) is 0 Å². The van der Waals surface area contributed by atoms with Gasteiger partial charge in [0, 0.05) is 6.92 Å². The zero-order chi connectivity index (χ0) is 9.07. The van der Waals surface area contributed by atoms with Gasteiger partial charge in [-0.1, -0.05) is 6.58 Å². The fraction of sp³-hybridized carbons (Fsp3) is 0.400. The normalized spacial score (nSPS) is 9.83. The fourth-order valence-electron chi connectivity index (χ4n) is 0.245. The maximum atomic E-state index is 10.3. The second-order valence-corrected chi connectivity index (χ2v) is 3.15. The number of ether oxygens (including phenoxy) is 1. The zero-order valence-electron chi connectivity index (χ0n) is 6.86. The molecule has 5 nitrogen and oxygen atoms in total. The maximum absolute atomic E-state index is 10.3. The van der Waals surface area contributed by atoms with Gasteiger partial charge in [-0.25, -0.2) is 8.42 Å². The third-order valence-corrected chi connectivity index (χ3v) is 1.18. The molecule has 0 N–H and O–H groups in total. The summed E-state index contributed by atoms with van der Waals surface area (Å²) in [5.41, 5.74) is 0. The third kappa shape index (κ3) is 8.85. The van der Waals surface area contributed by atoms with Gasteiger partial charge in [0.05, 0.1) is 0 Å². The van der Waals surface area contributed by atoms with Crippen LogP contribution in [0.1, 0.15) is 6.92 Å². The second kappa shape index (κ2) is 6.25. The third-order valence-electron chi connectivity index (χ3n) is 0.770. The molecule has 0 aromatic heterocycles. The average molecular weight is 218 g/mol. The Labute approximate surface area is 113 Å². The first kappa shape index (κ1) is 15.2. The Balaban J connectivity index is 0. The smallest absolute Gasteiger partial charge is 0.745 e. The molecule has 7 heteroatoms. The molecule has 0 aromatic carbocycles. The van der Waals surface area contributed by atoms with Crippen molar-refractivity contribution in [2.24, 2.45) is 0 Å². The van der Waals surface area contributed by atoms with Crippen molar-refractivity contribution in [1.82, 2.24) is 0 Å². The predicted molar refractivity (Wildman–Crippen MR) is 35.5 cm³/mol. The first-order valence-corrected chi connectivity index (χ1v) is 4.17. The predicted octanol–water partition coefficient (Wildman–Crippen LogP) is -3.39. The minimum Gasteiger partial charge on any atom is -0.745 e. The summed E-state index contributed by atoms with van der Waals surface area (Å²) in [6.45, 7) is 4.23. The summed E-state index contributed by atoms with van der Waals surface area (Å²) in [6.07, 6.45) is 0. The largest absolute Gasteiger partial charge is 1.00 e. The minimum atomic E-state index is -4.44. The van der Waals surface area contributed by atoms with Crippen LogP contribution >= 0.6 is 0 Å². The molecule has 0 aromatic rings. The van der Waals surface area contributed by atoms with Crippen LogP contribution in [0, 0.1) is 0 Å². The monoisotopic (exact) mass is 218 g/mol. The van der Waals surface area contributed by atoms with Gasteiger partial charge in [-0.3, -0.25) is 4.79 Å². The molecule has 12 heavy (non-hydrogen) atoms. The Morgan fingerprint density at radius 3 is 2.25 bits per heavy atom. The van der Waals surface area contributed by atoms with E-state index in [0.717, 1.165) is 6.92 Å². The van der Waals surface area contributed by atoms with Gasteiger partial charge in [-0.05, 0) is 0 Å². The Bertz CT molecular complexity index is 268. The van der Waals surface area contributed by atoms with Gasteiger partial charge in [0.2, 0.25) is 0 Å². The fourth-order valence-corrected chi connectivity index (χ4v) is 0.532. The molecule has 0 spiro atoms. The van der Waals surface area contributed by atoms with Gasteiger partial charge in [0.15, 0.2) is 17.5 Å². The summed E-state index contributed by atoms with van der Waals surface area (Å²) in [6, 6.07) is 0. The Morgan fingerprint density at radius 1 is 1.58 bits per heavy atom. The van der Waals surface area contributed by atoms with Crippen molar-refractivity contribution in [3.63, 3.8) is 0 Å². The van der Waals surface area contributed by atoms with Gasteiger partial charge < -0.3 is 9.29 Å². The number of carbonyl (C=O) groups is 1. The van der Waals surface area contributed by atoms with Crippen molar-refractivity contribution in [2.75, 3.05) is 5.94 Å². The SMILES string of the molecule is C=C(OCS(=O)(=O)[O-])C(C)=O.[K+]. The number of allylic oxidation sites excluding steroid dienone is 1. The van der Waals surface area contributed by atoms with E-state index in [1.807, 2.05) is 0 Å². The molecule has 0 aliphatic heterocycles. The van der Waals surface area contributed by atoms with E-state index in [-0.39, 0.29) is 57.1 Å². The summed E-state index contributed by atoms with van der Waals surface area (Å²) < 4.78 is 34.0. The van der Waals surface area contributed by atoms with E-state index >= 15 is 0 Å². The molecule has 0 aliphatic rings. The molecule has 0 amide bonds. The van der Waals surface area contributed by atoms with Crippen molar-refractivity contribution in [3.8, 4) is 0 Å². The zero-order valence-corrected chi connectivity index (χ0v) is 10.8. The molecule has 0 saturated carbocycles. The van der Waals surface area contributed by atoms with E-state index in [1.54, 1.807) is 0 Å². The first-order chi connectivity index (χ1) is 4.83. The van der Waals surface area contributed by atoms with Crippen LogP contribution in [0.3, 0.4) is 0 Å². The van der Waals surface area contributed by atoms with Crippen LogP contribution in [0.15, 0.2) is 12.3 Å². The maximum Gasteiger partial charge on any atom is 1.00 e. The second-order valence-electron chi connectivity index (χ2n) is 1.80. The number of Topliss-reactive ketones (excluding diaryl/α,β-unsaturated/α-hetero) is 1. The summed E-state index contributed by atoms with van der Waals surface area (Å²) in [5, 5.41) is 0. The number of ketones is 1. The van der Waals surface area contributed by atoms with E-state index in [1.165, 1.54) is 0 Å². The van der Waals surface area contributed by atoms with Crippen LogP contribution in [0.5, 0.6) is 0 Å². The summed E-state index contributed by atoms with van der Waals surface area (Å²) in [7, 11) is -4.44. The van der Waals surface area contributed by atoms with Gasteiger partial charge in [-0.2, -0.15) is 0 Å². The Kier molecular flexibility index (Phi) is 7.93. The summed E-state index contributed by atoms with van der Waals surface area (Å²) in [4.78, 5) is 10.3. The van der Waals surface area contributed by atoms with E-state index in [4.69, 9.17) is 0 Å².